The number of carbonyl (C=O) groups is 1. The topological polar surface area (TPSA) is 74.2 Å². The summed E-state index contributed by atoms with van der Waals surface area (Å²) in [4.78, 5) is 12.4. The van der Waals surface area contributed by atoms with Crippen molar-refractivity contribution in [3.8, 4) is 0 Å². The van der Waals surface area contributed by atoms with Gasteiger partial charge in [0.25, 0.3) is 0 Å². The molecule has 0 aromatic rings. The van der Waals surface area contributed by atoms with E-state index in [9.17, 15) is 9.90 Å². The summed E-state index contributed by atoms with van der Waals surface area (Å²) in [7, 11) is 5.17. The fourth-order valence-corrected chi connectivity index (χ4v) is 5.49. The van der Waals surface area contributed by atoms with Crippen LogP contribution in [0.25, 0.3) is 0 Å². The Kier molecular flexibility index (Phi) is 7.54. The number of hydrogen-bond donors (Lipinski definition) is 1. The minimum Gasteiger partial charge on any atom is -0.465 e. The number of aliphatic hydroxyl groups excluding tert-OH is 1. The van der Waals surface area contributed by atoms with Gasteiger partial charge in [0.1, 0.15) is 0 Å². The molecular weight excluding hydrogens is 348 g/mol. The third kappa shape index (κ3) is 5.03. The molecule has 6 nitrogen and oxygen atoms in total. The van der Waals surface area contributed by atoms with Crippen molar-refractivity contribution in [2.45, 2.75) is 75.8 Å². The third-order valence-electron chi connectivity index (χ3n) is 7.15. The van der Waals surface area contributed by atoms with Crippen LogP contribution in [-0.2, 0) is 23.7 Å². The Morgan fingerprint density at radius 2 is 1.52 bits per heavy atom. The standard InChI is InChI=1S/C21H36O6/c1-24-18-7-5-13(11-20(18)26-3)8-15-12-27-21(23)16(15)9-14-4-6-17(22)19(10-14)25-2/h13-20,22H,4-12H2,1-3H3. The van der Waals surface area contributed by atoms with E-state index in [4.69, 9.17) is 18.9 Å². The van der Waals surface area contributed by atoms with E-state index >= 15 is 0 Å². The molecule has 1 N–H and O–H groups in total. The van der Waals surface area contributed by atoms with Crippen LogP contribution in [-0.4, -0.2) is 63.4 Å². The first-order chi connectivity index (χ1) is 13.0. The lowest BCUT2D eigenvalue weighted by Crippen LogP contribution is -2.38. The van der Waals surface area contributed by atoms with Crippen LogP contribution in [0, 0.1) is 23.7 Å². The number of rotatable bonds is 7. The summed E-state index contributed by atoms with van der Waals surface area (Å²) in [5, 5.41) is 10.0. The summed E-state index contributed by atoms with van der Waals surface area (Å²) in [5.41, 5.74) is 0. The summed E-state index contributed by atoms with van der Waals surface area (Å²) < 4.78 is 22.1. The van der Waals surface area contributed by atoms with Gasteiger partial charge in [-0.15, -0.1) is 0 Å². The molecule has 3 rings (SSSR count). The molecule has 0 amide bonds. The highest BCUT2D eigenvalue weighted by molar-refractivity contribution is 5.74. The van der Waals surface area contributed by atoms with Gasteiger partial charge in [-0.25, -0.2) is 0 Å². The van der Waals surface area contributed by atoms with Crippen molar-refractivity contribution in [2.24, 2.45) is 23.7 Å². The molecule has 156 valence electrons. The lowest BCUT2D eigenvalue weighted by Gasteiger charge is -2.36. The molecule has 1 heterocycles. The average molecular weight is 385 g/mol. The highest BCUT2D eigenvalue weighted by Crippen LogP contribution is 2.40. The summed E-state index contributed by atoms with van der Waals surface area (Å²) >= 11 is 0. The van der Waals surface area contributed by atoms with Crippen molar-refractivity contribution in [3.63, 3.8) is 0 Å². The van der Waals surface area contributed by atoms with Crippen molar-refractivity contribution in [1.82, 2.24) is 0 Å². The van der Waals surface area contributed by atoms with Crippen LogP contribution >= 0.6 is 0 Å². The molecule has 0 aromatic carbocycles. The molecule has 8 unspecified atom stereocenters. The van der Waals surface area contributed by atoms with E-state index in [2.05, 4.69) is 0 Å². The van der Waals surface area contributed by atoms with Gasteiger partial charge in [-0.3, -0.25) is 4.79 Å². The van der Waals surface area contributed by atoms with E-state index in [0.717, 1.165) is 51.4 Å². The Balaban J connectivity index is 1.55. The van der Waals surface area contributed by atoms with Crippen LogP contribution in [0.3, 0.4) is 0 Å². The summed E-state index contributed by atoms with van der Waals surface area (Å²) in [6, 6.07) is 0. The zero-order valence-corrected chi connectivity index (χ0v) is 17.0. The summed E-state index contributed by atoms with van der Waals surface area (Å²) in [6.45, 7) is 0.550. The Hall–Kier alpha value is -0.690. The molecule has 2 saturated carbocycles. The number of ether oxygens (including phenoxy) is 4. The Labute approximate surface area is 162 Å². The molecule has 3 aliphatic rings. The van der Waals surface area contributed by atoms with E-state index in [0.29, 0.717) is 24.4 Å². The Bertz CT molecular complexity index is 483. The largest absolute Gasteiger partial charge is 0.465 e. The van der Waals surface area contributed by atoms with Crippen LogP contribution in [0.5, 0.6) is 0 Å². The van der Waals surface area contributed by atoms with Gasteiger partial charge in [-0.2, -0.15) is 0 Å². The molecule has 0 bridgehead atoms. The zero-order chi connectivity index (χ0) is 19.4. The predicted molar refractivity (Wildman–Crippen MR) is 100 cm³/mol. The lowest BCUT2D eigenvalue weighted by molar-refractivity contribution is -0.142. The second-order valence-corrected chi connectivity index (χ2v) is 8.72. The number of cyclic esters (lactones) is 1. The molecule has 0 radical (unpaired) electrons. The van der Waals surface area contributed by atoms with Gasteiger partial charge in [-0.05, 0) is 63.2 Å². The molecule has 8 atom stereocenters. The van der Waals surface area contributed by atoms with Gasteiger partial charge < -0.3 is 24.1 Å². The number of esters is 1. The van der Waals surface area contributed by atoms with Crippen LogP contribution in [0.1, 0.15) is 51.4 Å². The predicted octanol–water partition coefficient (Wildman–Crippen LogP) is 2.56. The second-order valence-electron chi connectivity index (χ2n) is 8.72. The average Bonchev–Trinajstić information content (AvgIpc) is 3.02. The second kappa shape index (κ2) is 9.68. The third-order valence-corrected chi connectivity index (χ3v) is 7.15. The van der Waals surface area contributed by atoms with Gasteiger partial charge in [-0.1, -0.05) is 0 Å². The number of aliphatic hydroxyl groups is 1. The maximum Gasteiger partial charge on any atom is 0.309 e. The molecule has 27 heavy (non-hydrogen) atoms. The smallest absolute Gasteiger partial charge is 0.309 e. The van der Waals surface area contributed by atoms with Gasteiger partial charge in [0.05, 0.1) is 36.9 Å². The molecular formula is C21H36O6. The van der Waals surface area contributed by atoms with Crippen molar-refractivity contribution in [1.29, 1.82) is 0 Å². The van der Waals surface area contributed by atoms with E-state index in [1.54, 1.807) is 21.3 Å². The first kappa shape index (κ1) is 21.0. The first-order valence-electron chi connectivity index (χ1n) is 10.5. The highest BCUT2D eigenvalue weighted by Gasteiger charge is 2.42. The van der Waals surface area contributed by atoms with Crippen molar-refractivity contribution in [2.75, 3.05) is 27.9 Å². The molecule has 3 fully saturated rings. The van der Waals surface area contributed by atoms with Crippen molar-refractivity contribution in [3.05, 3.63) is 0 Å². The zero-order valence-electron chi connectivity index (χ0n) is 17.0. The monoisotopic (exact) mass is 384 g/mol. The molecule has 1 aliphatic heterocycles. The van der Waals surface area contributed by atoms with Crippen molar-refractivity contribution >= 4 is 5.97 Å². The van der Waals surface area contributed by atoms with Crippen LogP contribution in [0.2, 0.25) is 0 Å². The number of carbonyl (C=O) groups excluding carboxylic acids is 1. The fourth-order valence-electron chi connectivity index (χ4n) is 5.49. The quantitative estimate of drug-likeness (QED) is 0.680. The maximum absolute atomic E-state index is 12.4. The normalized spacial score (nSPS) is 42.9. The minimum atomic E-state index is -0.375. The number of hydrogen-bond acceptors (Lipinski definition) is 6. The van der Waals surface area contributed by atoms with Crippen molar-refractivity contribution < 1.29 is 28.8 Å². The van der Waals surface area contributed by atoms with Crippen LogP contribution in [0.4, 0.5) is 0 Å². The van der Waals surface area contributed by atoms with E-state index in [1.807, 2.05) is 0 Å². The Morgan fingerprint density at radius 1 is 0.889 bits per heavy atom. The van der Waals surface area contributed by atoms with Gasteiger partial charge >= 0.3 is 5.97 Å². The van der Waals surface area contributed by atoms with Gasteiger partial charge in [0.15, 0.2) is 0 Å². The van der Waals surface area contributed by atoms with E-state index < -0.39 is 0 Å². The molecule has 0 aromatic heterocycles. The van der Waals surface area contributed by atoms with Gasteiger partial charge in [0.2, 0.25) is 0 Å². The molecule has 0 spiro atoms. The fraction of sp³-hybridized carbons (Fsp3) is 0.952. The molecule has 2 aliphatic carbocycles. The van der Waals surface area contributed by atoms with Crippen LogP contribution < -0.4 is 0 Å². The number of methoxy groups -OCH3 is 3. The lowest BCUT2D eigenvalue weighted by atomic mass is 9.73. The summed E-state index contributed by atoms with van der Waals surface area (Å²) in [5.74, 6) is 1.24. The Morgan fingerprint density at radius 3 is 2.22 bits per heavy atom. The highest BCUT2D eigenvalue weighted by atomic mass is 16.5. The minimum absolute atomic E-state index is 0.0103. The SMILES string of the molecule is COC1CC(CC2C(=O)OCC2CC2CCC(OC)C(OC)C2)CCC1O. The molecule has 1 saturated heterocycles. The summed E-state index contributed by atoms with van der Waals surface area (Å²) in [6.07, 6.45) is 7.41. The van der Waals surface area contributed by atoms with E-state index in [1.165, 1.54) is 0 Å². The maximum atomic E-state index is 12.4. The van der Waals surface area contributed by atoms with E-state index in [-0.39, 0.29) is 36.3 Å². The molecule has 6 heteroatoms. The van der Waals surface area contributed by atoms with Gasteiger partial charge in [0, 0.05) is 27.2 Å². The first-order valence-corrected chi connectivity index (χ1v) is 10.5. The van der Waals surface area contributed by atoms with Crippen LogP contribution in [0.15, 0.2) is 0 Å².